The van der Waals surface area contributed by atoms with Crippen LogP contribution in [-0.2, 0) is 11.3 Å². The van der Waals surface area contributed by atoms with E-state index in [-0.39, 0.29) is 0 Å². The molecular weight excluding hydrogens is 202 g/mol. The van der Waals surface area contributed by atoms with E-state index in [4.69, 9.17) is 9.47 Å². The zero-order valence-electron chi connectivity index (χ0n) is 10.3. The first-order valence-corrected chi connectivity index (χ1v) is 5.64. The smallest absolute Gasteiger partial charge is 0.188 e. The number of hydrogen-bond acceptors (Lipinski definition) is 3. The van der Waals surface area contributed by atoms with Crippen molar-refractivity contribution in [2.45, 2.75) is 20.4 Å². The van der Waals surface area contributed by atoms with Gasteiger partial charge in [-0.3, -0.25) is 0 Å². The van der Waals surface area contributed by atoms with Gasteiger partial charge in [0.15, 0.2) is 6.79 Å². The zero-order chi connectivity index (χ0) is 11.8. The van der Waals surface area contributed by atoms with Gasteiger partial charge in [0, 0.05) is 19.2 Å². The Labute approximate surface area is 97.8 Å². The first-order valence-electron chi connectivity index (χ1n) is 5.64. The molecule has 0 aliphatic heterocycles. The summed E-state index contributed by atoms with van der Waals surface area (Å²) in [5.41, 5.74) is 1.17. The fourth-order valence-corrected chi connectivity index (χ4v) is 1.41. The van der Waals surface area contributed by atoms with Gasteiger partial charge in [-0.25, -0.2) is 0 Å². The fraction of sp³-hybridized carbons (Fsp3) is 0.538. The van der Waals surface area contributed by atoms with E-state index in [0.717, 1.165) is 18.8 Å². The second kappa shape index (κ2) is 7.25. The average Bonchev–Trinajstić information content (AvgIpc) is 2.27. The van der Waals surface area contributed by atoms with Gasteiger partial charge in [0.05, 0.1) is 0 Å². The number of benzene rings is 1. The van der Waals surface area contributed by atoms with Crippen LogP contribution in [-0.4, -0.2) is 20.4 Å². The monoisotopic (exact) mass is 223 g/mol. The van der Waals surface area contributed by atoms with Crippen LogP contribution >= 0.6 is 0 Å². The summed E-state index contributed by atoms with van der Waals surface area (Å²) in [6, 6.07) is 8.02. The highest BCUT2D eigenvalue weighted by molar-refractivity contribution is 5.33. The number of nitrogens with one attached hydrogen (secondary N) is 1. The lowest BCUT2D eigenvalue weighted by molar-refractivity contribution is 0.0503. The highest BCUT2D eigenvalue weighted by Gasteiger charge is 2.02. The molecule has 0 radical (unpaired) electrons. The molecular formula is C13H21NO2. The number of para-hydroxylation sites is 1. The van der Waals surface area contributed by atoms with Gasteiger partial charge in [-0.1, -0.05) is 32.0 Å². The summed E-state index contributed by atoms with van der Waals surface area (Å²) < 4.78 is 10.4. The third-order valence-corrected chi connectivity index (χ3v) is 2.17. The number of rotatable bonds is 7. The quantitative estimate of drug-likeness (QED) is 0.720. The van der Waals surface area contributed by atoms with Crippen molar-refractivity contribution < 1.29 is 9.47 Å². The lowest BCUT2D eigenvalue weighted by Gasteiger charge is -2.12. The molecule has 3 heteroatoms. The van der Waals surface area contributed by atoms with Crippen molar-refractivity contribution in [2.24, 2.45) is 5.92 Å². The topological polar surface area (TPSA) is 30.5 Å². The molecule has 1 aromatic carbocycles. The first kappa shape index (κ1) is 13.0. The van der Waals surface area contributed by atoms with Crippen molar-refractivity contribution >= 4 is 0 Å². The third kappa shape index (κ3) is 4.64. The van der Waals surface area contributed by atoms with Crippen molar-refractivity contribution in [3.05, 3.63) is 29.8 Å². The van der Waals surface area contributed by atoms with E-state index in [1.165, 1.54) is 5.56 Å². The Morgan fingerprint density at radius 2 is 2.00 bits per heavy atom. The van der Waals surface area contributed by atoms with Gasteiger partial charge >= 0.3 is 0 Å². The second-order valence-corrected chi connectivity index (χ2v) is 4.18. The molecule has 0 saturated carbocycles. The van der Waals surface area contributed by atoms with Gasteiger partial charge in [0.2, 0.25) is 0 Å². The van der Waals surface area contributed by atoms with Crippen molar-refractivity contribution in [3.8, 4) is 5.75 Å². The average molecular weight is 223 g/mol. The summed E-state index contributed by atoms with van der Waals surface area (Å²) in [5, 5.41) is 3.40. The van der Waals surface area contributed by atoms with E-state index in [1.54, 1.807) is 7.11 Å². The predicted molar refractivity (Wildman–Crippen MR) is 65.5 cm³/mol. The summed E-state index contributed by atoms with van der Waals surface area (Å²) in [5.74, 6) is 1.55. The maximum absolute atomic E-state index is 5.48. The van der Waals surface area contributed by atoms with Crippen molar-refractivity contribution in [2.75, 3.05) is 20.4 Å². The van der Waals surface area contributed by atoms with Crippen LogP contribution in [0.4, 0.5) is 0 Å². The number of hydrogen-bond donors (Lipinski definition) is 1. The van der Waals surface area contributed by atoms with Crippen molar-refractivity contribution in [3.63, 3.8) is 0 Å². The minimum Gasteiger partial charge on any atom is -0.467 e. The Kier molecular flexibility index (Phi) is 5.90. The third-order valence-electron chi connectivity index (χ3n) is 2.17. The summed E-state index contributed by atoms with van der Waals surface area (Å²) in [7, 11) is 1.62. The molecule has 0 fully saturated rings. The van der Waals surface area contributed by atoms with E-state index < -0.39 is 0 Å². The normalized spacial score (nSPS) is 10.8. The van der Waals surface area contributed by atoms with E-state index in [1.807, 2.05) is 18.2 Å². The molecule has 0 amide bonds. The van der Waals surface area contributed by atoms with Gasteiger partial charge < -0.3 is 14.8 Å². The van der Waals surface area contributed by atoms with Crippen LogP contribution in [0.15, 0.2) is 24.3 Å². The summed E-state index contributed by atoms with van der Waals surface area (Å²) >= 11 is 0. The largest absolute Gasteiger partial charge is 0.467 e. The minimum atomic E-state index is 0.293. The fourth-order valence-electron chi connectivity index (χ4n) is 1.41. The molecule has 0 heterocycles. The van der Waals surface area contributed by atoms with E-state index in [9.17, 15) is 0 Å². The summed E-state index contributed by atoms with van der Waals surface area (Å²) in [6.07, 6.45) is 0. The van der Waals surface area contributed by atoms with Gasteiger partial charge in [-0.05, 0) is 18.5 Å². The van der Waals surface area contributed by atoms with Crippen LogP contribution in [0.3, 0.4) is 0 Å². The zero-order valence-corrected chi connectivity index (χ0v) is 10.3. The molecule has 90 valence electrons. The molecule has 0 aromatic heterocycles. The molecule has 0 atom stereocenters. The Bertz CT molecular complexity index is 300. The highest BCUT2D eigenvalue weighted by Crippen LogP contribution is 2.17. The Balaban J connectivity index is 2.49. The number of ether oxygens (including phenoxy) is 2. The van der Waals surface area contributed by atoms with E-state index >= 15 is 0 Å². The summed E-state index contributed by atoms with van der Waals surface area (Å²) in [6.45, 7) is 6.53. The second-order valence-electron chi connectivity index (χ2n) is 4.18. The van der Waals surface area contributed by atoms with Crippen LogP contribution in [0.2, 0.25) is 0 Å². The molecule has 0 bridgehead atoms. The van der Waals surface area contributed by atoms with Crippen LogP contribution < -0.4 is 10.1 Å². The lowest BCUT2D eigenvalue weighted by atomic mass is 10.2. The van der Waals surface area contributed by atoms with E-state index in [2.05, 4.69) is 25.2 Å². The molecule has 0 saturated heterocycles. The van der Waals surface area contributed by atoms with Gasteiger partial charge in [0.25, 0.3) is 0 Å². The Morgan fingerprint density at radius 1 is 1.25 bits per heavy atom. The standard InChI is InChI=1S/C13H21NO2/c1-11(2)8-14-9-12-6-4-5-7-13(12)16-10-15-3/h4-7,11,14H,8-10H2,1-3H3. The van der Waals surface area contributed by atoms with Crippen molar-refractivity contribution in [1.82, 2.24) is 5.32 Å². The van der Waals surface area contributed by atoms with Crippen LogP contribution in [0.1, 0.15) is 19.4 Å². The highest BCUT2D eigenvalue weighted by atomic mass is 16.7. The Hall–Kier alpha value is -1.06. The summed E-state index contributed by atoms with van der Waals surface area (Å²) in [4.78, 5) is 0. The van der Waals surface area contributed by atoms with Gasteiger partial charge in [0.1, 0.15) is 5.75 Å². The van der Waals surface area contributed by atoms with E-state index in [0.29, 0.717) is 12.7 Å². The maximum Gasteiger partial charge on any atom is 0.188 e. The molecule has 0 aliphatic rings. The SMILES string of the molecule is COCOc1ccccc1CNCC(C)C. The van der Waals surface area contributed by atoms with Crippen LogP contribution in [0.5, 0.6) is 5.75 Å². The molecule has 1 aromatic rings. The van der Waals surface area contributed by atoms with Gasteiger partial charge in [-0.2, -0.15) is 0 Å². The van der Waals surface area contributed by atoms with Crippen LogP contribution in [0.25, 0.3) is 0 Å². The molecule has 0 spiro atoms. The molecule has 0 unspecified atom stereocenters. The lowest BCUT2D eigenvalue weighted by Crippen LogP contribution is -2.19. The predicted octanol–water partition coefficient (Wildman–Crippen LogP) is 2.41. The van der Waals surface area contributed by atoms with Gasteiger partial charge in [-0.15, -0.1) is 0 Å². The molecule has 16 heavy (non-hydrogen) atoms. The Morgan fingerprint density at radius 3 is 2.69 bits per heavy atom. The van der Waals surface area contributed by atoms with Crippen molar-refractivity contribution in [1.29, 1.82) is 0 Å². The molecule has 0 aliphatic carbocycles. The maximum atomic E-state index is 5.48. The number of methoxy groups -OCH3 is 1. The van der Waals surface area contributed by atoms with Crippen LogP contribution in [0, 0.1) is 5.92 Å². The molecule has 1 rings (SSSR count). The first-order chi connectivity index (χ1) is 7.74. The molecule has 3 nitrogen and oxygen atoms in total. The molecule has 1 N–H and O–H groups in total. The minimum absolute atomic E-state index is 0.293.